The van der Waals surface area contributed by atoms with Crippen molar-refractivity contribution in [2.75, 3.05) is 40.9 Å². The van der Waals surface area contributed by atoms with Crippen LogP contribution in [-0.2, 0) is 17.8 Å². The van der Waals surface area contributed by atoms with E-state index in [-0.39, 0.29) is 5.91 Å². The van der Waals surface area contributed by atoms with Crippen LogP contribution >= 0.6 is 0 Å². The molecule has 1 amide bonds. The molecule has 3 rings (SSSR count). The van der Waals surface area contributed by atoms with E-state index in [4.69, 9.17) is 10.00 Å². The monoisotopic (exact) mass is 432 g/mol. The van der Waals surface area contributed by atoms with Crippen LogP contribution in [0.3, 0.4) is 0 Å². The number of fused-ring (bicyclic) bond motifs is 1. The highest BCUT2D eigenvalue weighted by atomic mass is 16.5. The number of nitrogens with zero attached hydrogens (tertiary/aromatic N) is 4. The van der Waals surface area contributed by atoms with Crippen LogP contribution in [-0.4, -0.2) is 61.2 Å². The van der Waals surface area contributed by atoms with E-state index in [9.17, 15) is 4.79 Å². The Kier molecular flexibility index (Phi) is 7.68. The Morgan fingerprint density at radius 1 is 1.09 bits per heavy atom. The maximum atomic E-state index is 13.5. The molecule has 2 aromatic carbocycles. The minimum Gasteiger partial charge on any atom is -0.383 e. The summed E-state index contributed by atoms with van der Waals surface area (Å²) in [4.78, 5) is 17.5. The first kappa shape index (κ1) is 23.5. The normalized spacial score (nSPS) is 11.2. The van der Waals surface area contributed by atoms with Crippen LogP contribution in [0.2, 0.25) is 0 Å². The fourth-order valence-electron chi connectivity index (χ4n) is 3.91. The Morgan fingerprint density at radius 2 is 1.81 bits per heavy atom. The average molecular weight is 433 g/mol. The second-order valence-corrected chi connectivity index (χ2v) is 8.43. The summed E-state index contributed by atoms with van der Waals surface area (Å²) in [7, 11) is 5.72. The van der Waals surface area contributed by atoms with Gasteiger partial charge in [0.05, 0.1) is 18.2 Å². The van der Waals surface area contributed by atoms with E-state index in [0.29, 0.717) is 30.8 Å². The van der Waals surface area contributed by atoms with Crippen molar-refractivity contribution in [1.29, 1.82) is 5.26 Å². The van der Waals surface area contributed by atoms with Crippen LogP contribution < -0.4 is 0 Å². The molecule has 0 unspecified atom stereocenters. The average Bonchev–Trinajstić information content (AvgIpc) is 3.04. The fraction of sp³-hybridized carbons (Fsp3) is 0.385. The number of aromatic nitrogens is 1. The first-order valence-electron chi connectivity index (χ1n) is 10.9. The van der Waals surface area contributed by atoms with Gasteiger partial charge in [0.1, 0.15) is 0 Å². The maximum Gasteiger partial charge on any atom is 0.254 e. The minimum absolute atomic E-state index is 0.0137. The van der Waals surface area contributed by atoms with Crippen molar-refractivity contribution in [3.8, 4) is 6.07 Å². The van der Waals surface area contributed by atoms with Gasteiger partial charge in [-0.1, -0.05) is 12.1 Å². The van der Waals surface area contributed by atoms with Gasteiger partial charge < -0.3 is 19.1 Å². The number of aryl methyl sites for hydroxylation is 1. The molecule has 0 fully saturated rings. The zero-order valence-corrected chi connectivity index (χ0v) is 19.7. The Hall–Kier alpha value is -3.14. The molecular formula is C26H32N4O2. The van der Waals surface area contributed by atoms with Gasteiger partial charge in [-0.2, -0.15) is 5.26 Å². The fourth-order valence-corrected chi connectivity index (χ4v) is 3.91. The van der Waals surface area contributed by atoms with Crippen molar-refractivity contribution < 1.29 is 9.53 Å². The predicted octanol–water partition coefficient (Wildman–Crippen LogP) is 3.98. The summed E-state index contributed by atoms with van der Waals surface area (Å²) in [6, 6.07) is 15.6. The van der Waals surface area contributed by atoms with Gasteiger partial charge in [-0.15, -0.1) is 0 Å². The topological polar surface area (TPSA) is 61.5 Å². The number of nitriles is 1. The Labute approximate surface area is 190 Å². The third-order valence-corrected chi connectivity index (χ3v) is 5.97. The van der Waals surface area contributed by atoms with Crippen LogP contribution in [0, 0.1) is 25.2 Å². The number of amides is 1. The molecule has 0 radical (unpaired) electrons. The Morgan fingerprint density at radius 3 is 2.44 bits per heavy atom. The van der Waals surface area contributed by atoms with Gasteiger partial charge in [-0.05, 0) is 69.4 Å². The number of carbonyl (C=O) groups excluding carboxylic acids is 1. The first-order valence-corrected chi connectivity index (χ1v) is 10.9. The number of benzene rings is 2. The number of carbonyl (C=O) groups is 1. The third-order valence-electron chi connectivity index (χ3n) is 5.97. The molecule has 0 saturated carbocycles. The van der Waals surface area contributed by atoms with Gasteiger partial charge in [0, 0.05) is 55.4 Å². The summed E-state index contributed by atoms with van der Waals surface area (Å²) in [5.41, 5.74) is 5.84. The van der Waals surface area contributed by atoms with Gasteiger partial charge in [-0.25, -0.2) is 0 Å². The standard InChI is InChI=1S/C26H32N4O2/c1-19-20(2)30(14-15-32-5)25-11-10-23(16-24(19)25)26(31)29(13-12-28(3)4)18-22-8-6-21(17-27)7-9-22/h6-11,16H,12-15,18H2,1-5H3. The summed E-state index contributed by atoms with van der Waals surface area (Å²) in [6.07, 6.45) is 0. The second kappa shape index (κ2) is 10.4. The molecule has 0 aliphatic rings. The van der Waals surface area contributed by atoms with Crippen molar-refractivity contribution in [3.05, 3.63) is 70.4 Å². The van der Waals surface area contributed by atoms with E-state index in [1.54, 1.807) is 19.2 Å². The van der Waals surface area contributed by atoms with Crippen LogP contribution in [0.25, 0.3) is 10.9 Å². The lowest BCUT2D eigenvalue weighted by Gasteiger charge is -2.25. The smallest absolute Gasteiger partial charge is 0.254 e. The summed E-state index contributed by atoms with van der Waals surface area (Å²) < 4.78 is 7.52. The zero-order chi connectivity index (χ0) is 23.3. The number of hydrogen-bond acceptors (Lipinski definition) is 4. The van der Waals surface area contributed by atoms with E-state index in [0.717, 1.165) is 29.6 Å². The molecular weight excluding hydrogens is 400 g/mol. The molecule has 0 aliphatic carbocycles. The van der Waals surface area contributed by atoms with Crippen LogP contribution in [0.1, 0.15) is 32.7 Å². The molecule has 3 aromatic rings. The molecule has 0 atom stereocenters. The Bertz CT molecular complexity index is 1120. The minimum atomic E-state index is 0.0137. The number of ether oxygens (including phenoxy) is 1. The highest BCUT2D eigenvalue weighted by Crippen LogP contribution is 2.27. The lowest BCUT2D eigenvalue weighted by Crippen LogP contribution is -2.36. The Balaban J connectivity index is 1.91. The molecule has 0 N–H and O–H groups in total. The highest BCUT2D eigenvalue weighted by Gasteiger charge is 2.19. The van der Waals surface area contributed by atoms with Crippen molar-refractivity contribution in [2.24, 2.45) is 0 Å². The zero-order valence-electron chi connectivity index (χ0n) is 19.7. The van der Waals surface area contributed by atoms with Gasteiger partial charge in [0.2, 0.25) is 0 Å². The molecule has 0 saturated heterocycles. The number of hydrogen-bond donors (Lipinski definition) is 0. The van der Waals surface area contributed by atoms with Gasteiger partial charge in [-0.3, -0.25) is 4.79 Å². The number of rotatable bonds is 9. The lowest BCUT2D eigenvalue weighted by molar-refractivity contribution is 0.0732. The first-order chi connectivity index (χ1) is 15.3. The molecule has 32 heavy (non-hydrogen) atoms. The predicted molar refractivity (Wildman–Crippen MR) is 128 cm³/mol. The molecule has 6 nitrogen and oxygen atoms in total. The molecule has 6 heteroatoms. The van der Waals surface area contributed by atoms with E-state index in [1.165, 1.54) is 11.3 Å². The maximum absolute atomic E-state index is 13.5. The van der Waals surface area contributed by atoms with Crippen LogP contribution in [0.5, 0.6) is 0 Å². The molecule has 1 aromatic heterocycles. The molecule has 168 valence electrons. The summed E-state index contributed by atoms with van der Waals surface area (Å²) in [5, 5.41) is 10.1. The lowest BCUT2D eigenvalue weighted by atomic mass is 10.1. The summed E-state index contributed by atoms with van der Waals surface area (Å²) in [5.74, 6) is 0.0137. The molecule has 0 aliphatic heterocycles. The third kappa shape index (κ3) is 5.18. The SMILES string of the molecule is COCCn1c(C)c(C)c2cc(C(=O)N(CCN(C)C)Cc3ccc(C#N)cc3)ccc21. The van der Waals surface area contributed by atoms with E-state index < -0.39 is 0 Å². The quantitative estimate of drug-likeness (QED) is 0.513. The largest absolute Gasteiger partial charge is 0.383 e. The second-order valence-electron chi connectivity index (χ2n) is 8.43. The molecule has 0 bridgehead atoms. The number of methoxy groups -OCH3 is 1. The van der Waals surface area contributed by atoms with Crippen LogP contribution in [0.15, 0.2) is 42.5 Å². The van der Waals surface area contributed by atoms with Crippen LogP contribution in [0.4, 0.5) is 0 Å². The van der Waals surface area contributed by atoms with Crippen molar-refractivity contribution in [2.45, 2.75) is 26.9 Å². The van der Waals surface area contributed by atoms with Gasteiger partial charge in [0.25, 0.3) is 5.91 Å². The van der Waals surface area contributed by atoms with Gasteiger partial charge in [0.15, 0.2) is 0 Å². The molecule has 0 spiro atoms. The van der Waals surface area contributed by atoms with Gasteiger partial charge >= 0.3 is 0 Å². The summed E-state index contributed by atoms with van der Waals surface area (Å²) >= 11 is 0. The van der Waals surface area contributed by atoms with E-state index >= 15 is 0 Å². The summed E-state index contributed by atoms with van der Waals surface area (Å²) in [6.45, 7) is 7.55. The molecule has 1 heterocycles. The highest BCUT2D eigenvalue weighted by molar-refractivity contribution is 5.99. The van der Waals surface area contributed by atoms with Crippen molar-refractivity contribution >= 4 is 16.8 Å². The van der Waals surface area contributed by atoms with Crippen molar-refractivity contribution in [1.82, 2.24) is 14.4 Å². The number of likely N-dealkylation sites (N-methyl/N-ethyl adjacent to an activating group) is 1. The van der Waals surface area contributed by atoms with E-state index in [1.807, 2.05) is 49.3 Å². The van der Waals surface area contributed by atoms with E-state index in [2.05, 4.69) is 29.4 Å². The van der Waals surface area contributed by atoms with Crippen molar-refractivity contribution in [3.63, 3.8) is 0 Å².